The third kappa shape index (κ3) is 1.92. The summed E-state index contributed by atoms with van der Waals surface area (Å²) in [5, 5.41) is 9.53. The predicted molar refractivity (Wildman–Crippen MR) is 55.8 cm³/mol. The Kier molecular flexibility index (Phi) is 2.43. The fourth-order valence-corrected chi connectivity index (χ4v) is 2.59. The molecule has 0 atom stereocenters. The smallest absolute Gasteiger partial charge is 0.341 e. The monoisotopic (exact) mass is 240 g/mol. The zero-order valence-electron chi connectivity index (χ0n) is 8.08. The van der Waals surface area contributed by atoms with Crippen molar-refractivity contribution in [3.8, 4) is 5.75 Å². The Morgan fingerprint density at radius 3 is 2.81 bits per heavy atom. The Hall–Kier alpha value is -1.82. The van der Waals surface area contributed by atoms with Crippen molar-refractivity contribution < 1.29 is 23.1 Å². The summed E-state index contributed by atoms with van der Waals surface area (Å²) in [6.45, 7) is -0.494. The number of ether oxygens (including phenoxy) is 1. The number of benzene rings is 1. The molecule has 1 aromatic rings. The van der Waals surface area contributed by atoms with E-state index in [1.165, 1.54) is 18.2 Å². The van der Waals surface area contributed by atoms with E-state index in [0.29, 0.717) is 5.56 Å². The quantitative estimate of drug-likeness (QED) is 0.849. The molecule has 0 saturated carbocycles. The number of hydrogen-bond donors (Lipinski definition) is 1. The van der Waals surface area contributed by atoms with Crippen LogP contribution in [0, 0.1) is 0 Å². The summed E-state index contributed by atoms with van der Waals surface area (Å²) >= 11 is 0. The van der Waals surface area contributed by atoms with Gasteiger partial charge in [-0.3, -0.25) is 0 Å². The first-order chi connectivity index (χ1) is 7.49. The van der Waals surface area contributed by atoms with Crippen molar-refractivity contribution in [1.82, 2.24) is 0 Å². The topological polar surface area (TPSA) is 80.7 Å². The summed E-state index contributed by atoms with van der Waals surface area (Å²) in [6.07, 6.45) is 1.49. The van der Waals surface area contributed by atoms with Crippen molar-refractivity contribution in [3.63, 3.8) is 0 Å². The summed E-state index contributed by atoms with van der Waals surface area (Å²) in [5.74, 6) is -0.880. The molecule has 1 N–H and O–H groups in total. The van der Waals surface area contributed by atoms with Crippen molar-refractivity contribution in [2.24, 2.45) is 0 Å². The van der Waals surface area contributed by atoms with Gasteiger partial charge in [-0.05, 0) is 29.8 Å². The second kappa shape index (κ2) is 3.64. The lowest BCUT2D eigenvalue weighted by Crippen LogP contribution is -2.09. The van der Waals surface area contributed by atoms with Crippen LogP contribution in [0.4, 0.5) is 0 Å². The van der Waals surface area contributed by atoms with E-state index in [-0.39, 0.29) is 10.6 Å². The van der Waals surface area contributed by atoms with E-state index in [9.17, 15) is 13.2 Å². The molecule has 0 radical (unpaired) electrons. The van der Waals surface area contributed by atoms with Gasteiger partial charge in [0.2, 0.25) is 9.84 Å². The first kappa shape index (κ1) is 10.7. The zero-order valence-corrected chi connectivity index (χ0v) is 8.90. The van der Waals surface area contributed by atoms with Gasteiger partial charge < -0.3 is 9.84 Å². The van der Waals surface area contributed by atoms with Gasteiger partial charge in [-0.2, -0.15) is 0 Å². The highest BCUT2D eigenvalue weighted by molar-refractivity contribution is 7.94. The van der Waals surface area contributed by atoms with Gasteiger partial charge in [-0.1, -0.05) is 0 Å². The zero-order chi connectivity index (χ0) is 11.8. The van der Waals surface area contributed by atoms with Crippen molar-refractivity contribution in [1.29, 1.82) is 0 Å². The molecule has 6 heteroatoms. The third-order valence-electron chi connectivity index (χ3n) is 2.08. The summed E-state index contributed by atoms with van der Waals surface area (Å²) in [7, 11) is -3.37. The molecule has 0 saturated heterocycles. The summed E-state index contributed by atoms with van der Waals surface area (Å²) in [4.78, 5) is 10.4. The van der Waals surface area contributed by atoms with E-state index in [1.807, 2.05) is 0 Å². The van der Waals surface area contributed by atoms with Crippen LogP contribution in [0.5, 0.6) is 5.75 Å². The Morgan fingerprint density at radius 2 is 2.12 bits per heavy atom. The van der Waals surface area contributed by atoms with Crippen LogP contribution in [0.2, 0.25) is 0 Å². The van der Waals surface area contributed by atoms with Crippen molar-refractivity contribution in [3.05, 3.63) is 29.2 Å². The van der Waals surface area contributed by atoms with Crippen molar-refractivity contribution in [2.45, 2.75) is 4.90 Å². The lowest BCUT2D eigenvalue weighted by Gasteiger charge is -2.05. The molecule has 0 amide bonds. The molecule has 0 spiro atoms. The third-order valence-corrected chi connectivity index (χ3v) is 3.54. The summed E-state index contributed by atoms with van der Waals surface area (Å²) in [5.41, 5.74) is 0.586. The number of carboxylic acid groups (broad SMARTS) is 1. The standard InChI is InChI=1S/C10H8O5S/c11-10(12)6-15-8-2-1-7-3-4-16(13,14)9(7)5-8/h1-5H,6H2,(H,11,12). The normalized spacial score (nSPS) is 15.8. The van der Waals surface area contributed by atoms with Gasteiger partial charge in [0, 0.05) is 5.41 Å². The molecule has 1 heterocycles. The number of carbonyl (C=O) groups is 1. The number of sulfone groups is 1. The predicted octanol–water partition coefficient (Wildman–Crippen LogP) is 0.908. The number of fused-ring (bicyclic) bond motifs is 1. The van der Waals surface area contributed by atoms with E-state index in [4.69, 9.17) is 9.84 Å². The molecule has 84 valence electrons. The number of hydrogen-bond acceptors (Lipinski definition) is 4. The highest BCUT2D eigenvalue weighted by Crippen LogP contribution is 2.29. The Labute approximate surface area is 91.9 Å². The maximum absolute atomic E-state index is 11.5. The lowest BCUT2D eigenvalue weighted by atomic mass is 10.2. The average Bonchev–Trinajstić information content (AvgIpc) is 2.52. The molecular formula is C10H8O5S. The Balaban J connectivity index is 2.31. The highest BCUT2D eigenvalue weighted by atomic mass is 32.2. The van der Waals surface area contributed by atoms with Crippen LogP contribution in [-0.2, 0) is 14.6 Å². The molecule has 0 bridgehead atoms. The molecule has 16 heavy (non-hydrogen) atoms. The van der Waals surface area contributed by atoms with Crippen LogP contribution in [0.25, 0.3) is 6.08 Å². The second-order valence-corrected chi connectivity index (χ2v) is 5.03. The second-order valence-electron chi connectivity index (χ2n) is 3.23. The van der Waals surface area contributed by atoms with Crippen LogP contribution in [0.15, 0.2) is 28.5 Å². The summed E-state index contributed by atoms with van der Waals surface area (Å²) in [6, 6.07) is 4.44. The van der Waals surface area contributed by atoms with Crippen molar-refractivity contribution in [2.75, 3.05) is 6.61 Å². The maximum atomic E-state index is 11.5. The van der Waals surface area contributed by atoms with Crippen molar-refractivity contribution >= 4 is 21.9 Å². The van der Waals surface area contributed by atoms with Crippen LogP contribution in [-0.4, -0.2) is 26.1 Å². The van der Waals surface area contributed by atoms with Gasteiger partial charge in [-0.25, -0.2) is 13.2 Å². The minimum atomic E-state index is -3.37. The minimum Gasteiger partial charge on any atom is -0.482 e. The van der Waals surface area contributed by atoms with Crippen LogP contribution < -0.4 is 4.74 Å². The van der Waals surface area contributed by atoms with E-state index in [0.717, 1.165) is 5.41 Å². The minimum absolute atomic E-state index is 0.149. The lowest BCUT2D eigenvalue weighted by molar-refractivity contribution is -0.139. The molecule has 1 aromatic carbocycles. The van der Waals surface area contributed by atoms with Gasteiger partial charge in [-0.15, -0.1) is 0 Å². The molecule has 0 aliphatic carbocycles. The van der Waals surface area contributed by atoms with E-state index in [2.05, 4.69) is 0 Å². The first-order valence-electron chi connectivity index (χ1n) is 4.41. The fourth-order valence-electron chi connectivity index (χ4n) is 1.37. The molecule has 2 rings (SSSR count). The van der Waals surface area contributed by atoms with Gasteiger partial charge in [0.15, 0.2) is 6.61 Å². The summed E-state index contributed by atoms with van der Waals surface area (Å²) < 4.78 is 27.9. The van der Waals surface area contributed by atoms with E-state index < -0.39 is 22.4 Å². The molecule has 0 fully saturated rings. The van der Waals surface area contributed by atoms with Gasteiger partial charge in [0.1, 0.15) is 5.75 Å². The van der Waals surface area contributed by atoms with E-state index in [1.54, 1.807) is 6.07 Å². The number of rotatable bonds is 3. The van der Waals surface area contributed by atoms with Gasteiger partial charge >= 0.3 is 5.97 Å². The van der Waals surface area contributed by atoms with Gasteiger partial charge in [0.05, 0.1) is 4.90 Å². The maximum Gasteiger partial charge on any atom is 0.341 e. The molecule has 0 aromatic heterocycles. The van der Waals surface area contributed by atoms with Crippen LogP contribution in [0.1, 0.15) is 5.56 Å². The van der Waals surface area contributed by atoms with Gasteiger partial charge in [0.25, 0.3) is 0 Å². The Morgan fingerprint density at radius 1 is 1.38 bits per heavy atom. The number of carboxylic acids is 1. The Bertz CT molecular complexity index is 571. The molecule has 1 aliphatic rings. The molecule has 0 unspecified atom stereocenters. The average molecular weight is 240 g/mol. The fraction of sp³-hybridized carbons (Fsp3) is 0.100. The van der Waals surface area contributed by atoms with Crippen LogP contribution in [0.3, 0.4) is 0 Å². The molecular weight excluding hydrogens is 232 g/mol. The highest BCUT2D eigenvalue weighted by Gasteiger charge is 2.21. The van der Waals surface area contributed by atoms with Crippen LogP contribution >= 0.6 is 0 Å². The molecule has 5 nitrogen and oxygen atoms in total. The number of aliphatic carboxylic acids is 1. The first-order valence-corrected chi connectivity index (χ1v) is 5.95. The molecule has 1 aliphatic heterocycles. The SMILES string of the molecule is O=C(O)COc1ccc2c(c1)S(=O)(=O)C=C2. The van der Waals surface area contributed by atoms with E-state index >= 15 is 0 Å². The largest absolute Gasteiger partial charge is 0.482 e.